The van der Waals surface area contributed by atoms with E-state index in [0.717, 1.165) is 6.42 Å². The highest BCUT2D eigenvalue weighted by atomic mass is 35.5. The Morgan fingerprint density at radius 1 is 1.00 bits per heavy atom. The van der Waals surface area contributed by atoms with Crippen molar-refractivity contribution in [3.05, 3.63) is 0 Å². The van der Waals surface area contributed by atoms with Crippen LogP contribution in [0.2, 0.25) is 0 Å². The molecule has 0 aromatic heterocycles. The molecule has 3 heteroatoms. The second-order valence-electron chi connectivity index (χ2n) is 4.45. The zero-order valence-corrected chi connectivity index (χ0v) is 12.0. The molecule has 0 aliphatic carbocycles. The van der Waals surface area contributed by atoms with Gasteiger partial charge >= 0.3 is 0 Å². The molecule has 2 nitrogen and oxygen atoms in total. The van der Waals surface area contributed by atoms with Gasteiger partial charge in [-0.3, -0.25) is 0 Å². The summed E-state index contributed by atoms with van der Waals surface area (Å²) in [5.41, 5.74) is 0. The minimum Gasteiger partial charge on any atom is -0.340 e. The van der Waals surface area contributed by atoms with Crippen LogP contribution in [0.15, 0.2) is 0 Å². The van der Waals surface area contributed by atoms with Crippen molar-refractivity contribution in [2.24, 2.45) is 5.92 Å². The van der Waals surface area contributed by atoms with Crippen LogP contribution in [-0.2, 0) is 9.47 Å². The Morgan fingerprint density at radius 3 is 2.00 bits per heavy atom. The summed E-state index contributed by atoms with van der Waals surface area (Å²) in [4.78, 5) is 0. The van der Waals surface area contributed by atoms with Crippen LogP contribution in [0, 0.1) is 5.92 Å². The number of hydrogen-bond acceptors (Lipinski definition) is 2. The van der Waals surface area contributed by atoms with Crippen molar-refractivity contribution in [3.63, 3.8) is 0 Å². The number of rotatable bonds is 10. The molecule has 0 saturated carbocycles. The van der Waals surface area contributed by atoms with Crippen LogP contribution in [-0.4, -0.2) is 19.5 Å². The van der Waals surface area contributed by atoms with Crippen LogP contribution in [0.5, 0.6) is 0 Å². The molecule has 0 aromatic carbocycles. The van der Waals surface area contributed by atoms with Crippen molar-refractivity contribution in [2.75, 3.05) is 14.2 Å². The van der Waals surface area contributed by atoms with Crippen LogP contribution >= 0.6 is 11.6 Å². The van der Waals surface area contributed by atoms with E-state index >= 15 is 0 Å². The lowest BCUT2D eigenvalue weighted by atomic mass is 10.0. The van der Waals surface area contributed by atoms with Crippen LogP contribution < -0.4 is 0 Å². The van der Waals surface area contributed by atoms with Gasteiger partial charge in [0.05, 0.1) is 0 Å². The van der Waals surface area contributed by atoms with Crippen LogP contribution in [0.3, 0.4) is 0 Å². The average molecular weight is 251 g/mol. The predicted octanol–water partition coefficient (Wildman–Crippen LogP) is 4.56. The standard InChI is InChI=1S/C13H27ClO2/c1-5-6-7-8-9-10-11-12(2)13(14,15-3)16-4/h12H,5-11H2,1-4H3. The summed E-state index contributed by atoms with van der Waals surface area (Å²) in [5, 5.41) is -0.941. The summed E-state index contributed by atoms with van der Waals surface area (Å²) in [6.07, 6.45) is 8.87. The average Bonchev–Trinajstić information content (AvgIpc) is 2.32. The van der Waals surface area contributed by atoms with E-state index < -0.39 is 5.25 Å². The molecule has 0 saturated heterocycles. The third-order valence-corrected chi connectivity index (χ3v) is 3.82. The maximum absolute atomic E-state index is 6.18. The summed E-state index contributed by atoms with van der Waals surface area (Å²) in [7, 11) is 3.18. The van der Waals surface area contributed by atoms with Gasteiger partial charge < -0.3 is 9.47 Å². The molecule has 16 heavy (non-hydrogen) atoms. The molecule has 0 amide bonds. The van der Waals surface area contributed by atoms with Gasteiger partial charge in [0.2, 0.25) is 5.25 Å². The second-order valence-corrected chi connectivity index (χ2v) is 4.98. The molecule has 0 aliphatic rings. The van der Waals surface area contributed by atoms with Crippen LogP contribution in [0.1, 0.15) is 58.8 Å². The van der Waals surface area contributed by atoms with Crippen molar-refractivity contribution in [3.8, 4) is 0 Å². The van der Waals surface area contributed by atoms with Gasteiger partial charge in [0.25, 0.3) is 0 Å². The minimum absolute atomic E-state index is 0.218. The number of halogens is 1. The third kappa shape index (κ3) is 6.07. The topological polar surface area (TPSA) is 18.5 Å². The zero-order chi connectivity index (χ0) is 12.4. The molecule has 0 fully saturated rings. The molecule has 0 N–H and O–H groups in total. The molecule has 0 aromatic rings. The smallest absolute Gasteiger partial charge is 0.250 e. The lowest BCUT2D eigenvalue weighted by molar-refractivity contribution is -0.173. The molecular weight excluding hydrogens is 224 g/mol. The van der Waals surface area contributed by atoms with Crippen molar-refractivity contribution < 1.29 is 9.47 Å². The highest BCUT2D eigenvalue weighted by Crippen LogP contribution is 2.30. The largest absolute Gasteiger partial charge is 0.340 e. The zero-order valence-electron chi connectivity index (χ0n) is 11.2. The second kappa shape index (κ2) is 9.26. The summed E-state index contributed by atoms with van der Waals surface area (Å²) >= 11 is 6.18. The van der Waals surface area contributed by atoms with Gasteiger partial charge in [-0.1, -0.05) is 64.0 Å². The lowest BCUT2D eigenvalue weighted by Crippen LogP contribution is -2.34. The van der Waals surface area contributed by atoms with Gasteiger partial charge in [0.1, 0.15) is 0 Å². The SMILES string of the molecule is CCCCCCCCC(C)C(Cl)(OC)OC. The first-order valence-corrected chi connectivity index (χ1v) is 6.77. The summed E-state index contributed by atoms with van der Waals surface area (Å²) in [5.74, 6) is 0.218. The quantitative estimate of drug-likeness (QED) is 0.322. The molecule has 1 atom stereocenters. The summed E-state index contributed by atoms with van der Waals surface area (Å²) in [6.45, 7) is 4.31. The number of hydrogen-bond donors (Lipinski definition) is 0. The van der Waals surface area contributed by atoms with Crippen molar-refractivity contribution in [1.82, 2.24) is 0 Å². The highest BCUT2D eigenvalue weighted by molar-refractivity contribution is 6.22. The fourth-order valence-corrected chi connectivity index (χ4v) is 2.00. The summed E-state index contributed by atoms with van der Waals surface area (Å²) < 4.78 is 10.4. The molecule has 0 bridgehead atoms. The maximum Gasteiger partial charge on any atom is 0.250 e. The van der Waals surface area contributed by atoms with Crippen molar-refractivity contribution in [2.45, 2.75) is 64.0 Å². The fraction of sp³-hybridized carbons (Fsp3) is 1.00. The van der Waals surface area contributed by atoms with E-state index in [9.17, 15) is 0 Å². The fourth-order valence-electron chi connectivity index (χ4n) is 1.89. The van der Waals surface area contributed by atoms with Gasteiger partial charge in [-0.15, -0.1) is 0 Å². The number of unbranched alkanes of at least 4 members (excludes halogenated alkanes) is 5. The Kier molecular flexibility index (Phi) is 9.38. The van der Waals surface area contributed by atoms with Gasteiger partial charge in [-0.05, 0) is 6.42 Å². The Balaban J connectivity index is 3.60. The molecule has 0 spiro atoms. The normalized spacial score (nSPS) is 14.1. The first-order valence-electron chi connectivity index (χ1n) is 6.40. The molecule has 0 radical (unpaired) electrons. The molecular formula is C13H27ClO2. The maximum atomic E-state index is 6.18. The highest BCUT2D eigenvalue weighted by Gasteiger charge is 2.33. The van der Waals surface area contributed by atoms with Gasteiger partial charge in [-0.2, -0.15) is 0 Å². The molecule has 98 valence electrons. The lowest BCUT2D eigenvalue weighted by Gasteiger charge is -2.29. The Morgan fingerprint density at radius 2 is 1.50 bits per heavy atom. The summed E-state index contributed by atoms with van der Waals surface area (Å²) in [6, 6.07) is 0. The van der Waals surface area contributed by atoms with Gasteiger partial charge in [-0.25, -0.2) is 0 Å². The van der Waals surface area contributed by atoms with Crippen molar-refractivity contribution >= 4 is 11.6 Å². The van der Waals surface area contributed by atoms with E-state index in [1.807, 2.05) is 0 Å². The molecule has 1 unspecified atom stereocenters. The van der Waals surface area contributed by atoms with E-state index in [1.54, 1.807) is 14.2 Å². The van der Waals surface area contributed by atoms with Gasteiger partial charge in [0.15, 0.2) is 0 Å². The number of methoxy groups -OCH3 is 2. The van der Waals surface area contributed by atoms with E-state index in [1.165, 1.54) is 38.5 Å². The first kappa shape index (κ1) is 16.2. The minimum atomic E-state index is -0.941. The molecule has 0 rings (SSSR count). The van der Waals surface area contributed by atoms with Crippen LogP contribution in [0.25, 0.3) is 0 Å². The number of ether oxygens (including phenoxy) is 2. The van der Waals surface area contributed by atoms with Crippen molar-refractivity contribution in [1.29, 1.82) is 0 Å². The Hall–Kier alpha value is 0.210. The monoisotopic (exact) mass is 250 g/mol. The predicted molar refractivity (Wildman–Crippen MR) is 69.8 cm³/mol. The Labute approximate surface area is 106 Å². The third-order valence-electron chi connectivity index (χ3n) is 3.14. The Bertz CT molecular complexity index is 158. The van der Waals surface area contributed by atoms with Crippen LogP contribution in [0.4, 0.5) is 0 Å². The van der Waals surface area contributed by atoms with E-state index in [0.29, 0.717) is 0 Å². The van der Waals surface area contributed by atoms with E-state index in [-0.39, 0.29) is 5.92 Å². The first-order chi connectivity index (χ1) is 7.60. The van der Waals surface area contributed by atoms with Gasteiger partial charge in [0, 0.05) is 20.1 Å². The molecule has 0 aliphatic heterocycles. The van der Waals surface area contributed by atoms with E-state index in [2.05, 4.69) is 13.8 Å². The number of alkyl halides is 1. The van der Waals surface area contributed by atoms with E-state index in [4.69, 9.17) is 21.1 Å². The molecule has 0 heterocycles.